The summed E-state index contributed by atoms with van der Waals surface area (Å²) in [5.74, 6) is -0.737. The first-order valence-corrected chi connectivity index (χ1v) is 4.78. The molecule has 0 fully saturated rings. The zero-order valence-electron chi connectivity index (χ0n) is 9.16. The Kier molecular flexibility index (Phi) is 6.64. The third-order valence-corrected chi connectivity index (χ3v) is 1.83. The zero-order valence-corrected chi connectivity index (χ0v) is 9.16. The van der Waals surface area contributed by atoms with Crippen molar-refractivity contribution < 1.29 is 14.3 Å². The summed E-state index contributed by atoms with van der Waals surface area (Å²) >= 11 is 0. The van der Waals surface area contributed by atoms with E-state index in [0.29, 0.717) is 13.2 Å². The van der Waals surface area contributed by atoms with E-state index in [1.807, 2.05) is 6.92 Å². The minimum absolute atomic E-state index is 0.134. The Hall–Kier alpha value is -1.14. The molecule has 0 bridgehead atoms. The fraction of sp³-hybridized carbons (Fsp3) is 0.778. The van der Waals surface area contributed by atoms with E-state index in [1.54, 1.807) is 7.11 Å². The van der Waals surface area contributed by atoms with Crippen LogP contribution in [-0.2, 0) is 14.3 Å². The summed E-state index contributed by atoms with van der Waals surface area (Å²) in [5.41, 5.74) is 10.4. The van der Waals surface area contributed by atoms with E-state index in [9.17, 15) is 9.59 Å². The van der Waals surface area contributed by atoms with Crippen molar-refractivity contribution in [3.8, 4) is 0 Å². The lowest BCUT2D eigenvalue weighted by Gasteiger charge is -2.14. The molecule has 6 heteroatoms. The number of methoxy groups -OCH3 is 1. The van der Waals surface area contributed by atoms with Gasteiger partial charge >= 0.3 is 0 Å². The van der Waals surface area contributed by atoms with Gasteiger partial charge in [0.15, 0.2) is 0 Å². The molecule has 0 radical (unpaired) electrons. The summed E-state index contributed by atoms with van der Waals surface area (Å²) < 4.78 is 4.90. The van der Waals surface area contributed by atoms with Crippen LogP contribution in [0.2, 0.25) is 0 Å². The average molecular weight is 217 g/mol. The van der Waals surface area contributed by atoms with Crippen molar-refractivity contribution >= 4 is 11.8 Å². The quantitative estimate of drug-likeness (QED) is 0.486. The van der Waals surface area contributed by atoms with Crippen LogP contribution in [0.3, 0.4) is 0 Å². The van der Waals surface area contributed by atoms with Crippen molar-refractivity contribution in [2.75, 3.05) is 20.3 Å². The molecule has 0 saturated heterocycles. The molecule has 0 aromatic heterocycles. The summed E-state index contributed by atoms with van der Waals surface area (Å²) in [6, 6.07) is -0.864. The summed E-state index contributed by atoms with van der Waals surface area (Å²) in [7, 11) is 1.59. The Morgan fingerprint density at radius 3 is 2.53 bits per heavy atom. The van der Waals surface area contributed by atoms with Crippen LogP contribution >= 0.6 is 0 Å². The molecule has 88 valence electrons. The van der Waals surface area contributed by atoms with Gasteiger partial charge in [0.25, 0.3) is 0 Å². The fourth-order valence-corrected chi connectivity index (χ4v) is 1.06. The molecule has 15 heavy (non-hydrogen) atoms. The largest absolute Gasteiger partial charge is 0.384 e. The van der Waals surface area contributed by atoms with Crippen molar-refractivity contribution in [2.45, 2.75) is 19.4 Å². The number of hydrogen-bond acceptors (Lipinski definition) is 4. The number of nitrogens with two attached hydrogens (primary N) is 2. The maximum absolute atomic E-state index is 11.3. The van der Waals surface area contributed by atoms with Crippen molar-refractivity contribution in [3.05, 3.63) is 0 Å². The van der Waals surface area contributed by atoms with E-state index in [0.717, 1.165) is 0 Å². The molecule has 0 aliphatic carbocycles. The maximum Gasteiger partial charge on any atom is 0.237 e. The monoisotopic (exact) mass is 217 g/mol. The van der Waals surface area contributed by atoms with Crippen LogP contribution in [-0.4, -0.2) is 38.1 Å². The van der Waals surface area contributed by atoms with E-state index in [4.69, 9.17) is 16.2 Å². The second-order valence-electron chi connectivity index (χ2n) is 3.58. The lowest BCUT2D eigenvalue weighted by Crippen LogP contribution is -2.44. The lowest BCUT2D eigenvalue weighted by atomic mass is 10.1. The minimum atomic E-state index is -0.864. The second kappa shape index (κ2) is 7.19. The number of primary amides is 1. The number of amides is 2. The van der Waals surface area contributed by atoms with Gasteiger partial charge in [-0.15, -0.1) is 0 Å². The van der Waals surface area contributed by atoms with Crippen molar-refractivity contribution in [2.24, 2.45) is 17.4 Å². The summed E-state index contributed by atoms with van der Waals surface area (Å²) in [4.78, 5) is 21.8. The Morgan fingerprint density at radius 1 is 1.47 bits per heavy atom. The van der Waals surface area contributed by atoms with Crippen molar-refractivity contribution in [1.82, 2.24) is 5.32 Å². The van der Waals surface area contributed by atoms with Crippen LogP contribution < -0.4 is 16.8 Å². The zero-order chi connectivity index (χ0) is 11.8. The highest BCUT2D eigenvalue weighted by Gasteiger charge is 2.16. The molecule has 6 nitrogen and oxygen atoms in total. The molecular weight excluding hydrogens is 198 g/mol. The second-order valence-corrected chi connectivity index (χ2v) is 3.58. The first kappa shape index (κ1) is 13.9. The molecule has 5 N–H and O–H groups in total. The molecule has 0 heterocycles. The molecule has 0 aromatic carbocycles. The summed E-state index contributed by atoms with van der Waals surface area (Å²) in [6.07, 6.45) is -0.134. The van der Waals surface area contributed by atoms with Gasteiger partial charge in [0.1, 0.15) is 0 Å². The molecule has 0 aromatic rings. The highest BCUT2D eigenvalue weighted by atomic mass is 16.5. The molecular formula is C9H19N3O3. The van der Waals surface area contributed by atoms with Gasteiger partial charge in [0, 0.05) is 13.7 Å². The predicted molar refractivity (Wildman–Crippen MR) is 55.8 cm³/mol. The number of nitrogens with one attached hydrogen (secondary N) is 1. The van der Waals surface area contributed by atoms with Gasteiger partial charge in [-0.2, -0.15) is 0 Å². The normalized spacial score (nSPS) is 14.3. The molecule has 0 aliphatic rings. The van der Waals surface area contributed by atoms with Gasteiger partial charge in [-0.1, -0.05) is 6.92 Å². The molecule has 0 saturated carbocycles. The Balaban J connectivity index is 3.77. The van der Waals surface area contributed by atoms with E-state index in [2.05, 4.69) is 5.32 Å². The van der Waals surface area contributed by atoms with Crippen molar-refractivity contribution in [1.29, 1.82) is 0 Å². The van der Waals surface area contributed by atoms with Gasteiger partial charge in [-0.3, -0.25) is 9.59 Å². The number of carbonyl (C=O) groups excluding carboxylic acids is 2. The smallest absolute Gasteiger partial charge is 0.237 e. The van der Waals surface area contributed by atoms with Gasteiger partial charge < -0.3 is 21.5 Å². The predicted octanol–water partition coefficient (Wildman–Crippen LogP) is -1.41. The fourth-order valence-electron chi connectivity index (χ4n) is 1.06. The molecule has 2 atom stereocenters. The van der Waals surface area contributed by atoms with Gasteiger partial charge in [0.05, 0.1) is 19.1 Å². The highest BCUT2D eigenvalue weighted by molar-refractivity contribution is 5.87. The first-order valence-electron chi connectivity index (χ1n) is 4.78. The van der Waals surface area contributed by atoms with Crippen LogP contribution in [0.5, 0.6) is 0 Å². The van der Waals surface area contributed by atoms with Crippen molar-refractivity contribution in [3.63, 3.8) is 0 Å². The minimum Gasteiger partial charge on any atom is -0.384 e. The third kappa shape index (κ3) is 6.87. The number of carbonyl (C=O) groups is 2. The number of ether oxygens (including phenoxy) is 1. The summed E-state index contributed by atoms with van der Waals surface area (Å²) in [6.45, 7) is 2.97. The maximum atomic E-state index is 11.3. The average Bonchev–Trinajstić information content (AvgIpc) is 2.13. The summed E-state index contributed by atoms with van der Waals surface area (Å²) in [5, 5.41) is 2.62. The third-order valence-electron chi connectivity index (χ3n) is 1.83. The van der Waals surface area contributed by atoms with E-state index < -0.39 is 11.9 Å². The Labute approximate surface area is 89.3 Å². The molecule has 2 unspecified atom stereocenters. The Bertz CT molecular complexity index is 221. The topological polar surface area (TPSA) is 107 Å². The van der Waals surface area contributed by atoms with Crippen LogP contribution in [0.1, 0.15) is 13.3 Å². The lowest BCUT2D eigenvalue weighted by molar-refractivity contribution is -0.126. The standard InChI is InChI=1S/C9H19N3O3/c1-6(5-15-2)4-12-9(14)7(10)3-8(11)13/h6-7H,3-5,10H2,1-2H3,(H2,11,13)(H,12,14). The van der Waals surface area contributed by atoms with Crippen LogP contribution in [0.4, 0.5) is 0 Å². The number of hydrogen-bond donors (Lipinski definition) is 3. The van der Waals surface area contributed by atoms with Gasteiger partial charge in [-0.05, 0) is 5.92 Å². The SMILES string of the molecule is COCC(C)CNC(=O)C(N)CC(N)=O. The molecule has 0 spiro atoms. The molecule has 0 aliphatic heterocycles. The van der Waals surface area contributed by atoms with Crippen LogP contribution in [0, 0.1) is 5.92 Å². The highest BCUT2D eigenvalue weighted by Crippen LogP contribution is 1.93. The van der Waals surface area contributed by atoms with Gasteiger partial charge in [0.2, 0.25) is 11.8 Å². The van der Waals surface area contributed by atoms with Crippen LogP contribution in [0.25, 0.3) is 0 Å². The van der Waals surface area contributed by atoms with Crippen LogP contribution in [0.15, 0.2) is 0 Å². The van der Waals surface area contributed by atoms with E-state index >= 15 is 0 Å². The molecule has 2 amide bonds. The van der Waals surface area contributed by atoms with Gasteiger partial charge in [-0.25, -0.2) is 0 Å². The number of rotatable bonds is 7. The van der Waals surface area contributed by atoms with E-state index in [1.165, 1.54) is 0 Å². The van der Waals surface area contributed by atoms with E-state index in [-0.39, 0.29) is 18.2 Å². The Morgan fingerprint density at radius 2 is 2.07 bits per heavy atom. The first-order chi connectivity index (χ1) is 6.97. The molecule has 0 rings (SSSR count).